The smallest absolute Gasteiger partial charge is 0.223 e. The zero-order valence-electron chi connectivity index (χ0n) is 15.5. The predicted octanol–water partition coefficient (Wildman–Crippen LogP) is 2.16. The van der Waals surface area contributed by atoms with Gasteiger partial charge in [0.1, 0.15) is 5.69 Å². The molecular formula is C16H17BrCl2F2N10. The molecule has 0 radical (unpaired) electrons. The summed E-state index contributed by atoms with van der Waals surface area (Å²) in [6.45, 7) is 0. The Labute approximate surface area is 193 Å². The van der Waals surface area contributed by atoms with E-state index < -0.39 is 23.3 Å². The third-order valence-electron chi connectivity index (χ3n) is 2.84. The summed E-state index contributed by atoms with van der Waals surface area (Å²) in [6.07, 6.45) is 0. The van der Waals surface area contributed by atoms with E-state index in [4.69, 9.17) is 57.6 Å². The highest BCUT2D eigenvalue weighted by Crippen LogP contribution is 2.28. The van der Waals surface area contributed by atoms with Gasteiger partial charge in [-0.2, -0.15) is 9.98 Å². The molecule has 0 aliphatic rings. The molecule has 166 valence electrons. The normalized spacial score (nSPS) is 11.3. The number of aliphatic imine (C=N–C) groups is 4. The summed E-state index contributed by atoms with van der Waals surface area (Å²) >= 11 is 14.6. The van der Waals surface area contributed by atoms with Crippen LogP contribution in [0.15, 0.2) is 54.8 Å². The van der Waals surface area contributed by atoms with Gasteiger partial charge >= 0.3 is 0 Å². The van der Waals surface area contributed by atoms with Crippen molar-refractivity contribution < 1.29 is 8.78 Å². The van der Waals surface area contributed by atoms with E-state index in [1.807, 2.05) is 0 Å². The SMILES string of the molecule is NC(N)=NC(N)=Nc1c(F)cc(Cl)cc1F.NC(N)=NC(N)=Nc1ccc(Br)cc1Cl. The Morgan fingerprint density at radius 1 is 0.774 bits per heavy atom. The monoisotopic (exact) mass is 536 g/mol. The van der Waals surface area contributed by atoms with E-state index in [-0.39, 0.29) is 22.9 Å². The maximum absolute atomic E-state index is 13.2. The Hall–Kier alpha value is -3.16. The van der Waals surface area contributed by atoms with Gasteiger partial charge in [0.25, 0.3) is 0 Å². The fourth-order valence-electron chi connectivity index (χ4n) is 1.77. The molecule has 0 spiro atoms. The first-order chi connectivity index (χ1) is 14.4. The van der Waals surface area contributed by atoms with Crippen LogP contribution in [-0.2, 0) is 0 Å². The average molecular weight is 538 g/mol. The maximum Gasteiger partial charge on any atom is 0.223 e. The van der Waals surface area contributed by atoms with Gasteiger partial charge in [-0.25, -0.2) is 18.8 Å². The first-order valence-electron chi connectivity index (χ1n) is 7.86. The van der Waals surface area contributed by atoms with Crippen molar-refractivity contribution in [1.29, 1.82) is 0 Å². The molecule has 15 heteroatoms. The van der Waals surface area contributed by atoms with Crippen LogP contribution in [0.25, 0.3) is 0 Å². The van der Waals surface area contributed by atoms with Crippen molar-refractivity contribution in [2.45, 2.75) is 0 Å². The van der Waals surface area contributed by atoms with Gasteiger partial charge in [-0.15, -0.1) is 0 Å². The number of nitrogens with zero attached hydrogens (tertiary/aromatic N) is 4. The van der Waals surface area contributed by atoms with Crippen LogP contribution in [0.4, 0.5) is 20.2 Å². The van der Waals surface area contributed by atoms with Crippen molar-refractivity contribution in [2.24, 2.45) is 54.4 Å². The third-order valence-corrected chi connectivity index (χ3v) is 3.85. The Morgan fingerprint density at radius 2 is 1.26 bits per heavy atom. The molecule has 2 rings (SSSR count). The summed E-state index contributed by atoms with van der Waals surface area (Å²) in [5.74, 6) is -2.93. The Kier molecular flexibility index (Phi) is 9.92. The zero-order valence-corrected chi connectivity index (χ0v) is 18.6. The van der Waals surface area contributed by atoms with Crippen LogP contribution in [0, 0.1) is 11.6 Å². The highest BCUT2D eigenvalue weighted by Gasteiger charge is 2.10. The zero-order chi connectivity index (χ0) is 23.7. The molecule has 0 aliphatic heterocycles. The van der Waals surface area contributed by atoms with Crippen molar-refractivity contribution in [3.8, 4) is 0 Å². The number of benzene rings is 2. The minimum Gasteiger partial charge on any atom is -0.370 e. The lowest BCUT2D eigenvalue weighted by Gasteiger charge is -2.00. The van der Waals surface area contributed by atoms with E-state index in [0.29, 0.717) is 10.7 Å². The lowest BCUT2D eigenvalue weighted by Crippen LogP contribution is -2.26. The minimum atomic E-state index is -0.959. The molecule has 2 aromatic carbocycles. The molecule has 0 saturated carbocycles. The highest BCUT2D eigenvalue weighted by molar-refractivity contribution is 9.10. The van der Waals surface area contributed by atoms with Crippen LogP contribution in [0.1, 0.15) is 0 Å². The number of rotatable bonds is 2. The summed E-state index contributed by atoms with van der Waals surface area (Å²) in [7, 11) is 0. The second kappa shape index (κ2) is 11.9. The summed E-state index contributed by atoms with van der Waals surface area (Å²) in [5.41, 5.74) is 30.8. The molecule has 0 heterocycles. The van der Waals surface area contributed by atoms with Crippen LogP contribution in [-0.4, -0.2) is 23.8 Å². The molecule has 0 fully saturated rings. The Bertz CT molecular complexity index is 1040. The topological polar surface area (TPSA) is 206 Å². The van der Waals surface area contributed by atoms with Crippen molar-refractivity contribution in [2.75, 3.05) is 0 Å². The lowest BCUT2D eigenvalue weighted by molar-refractivity contribution is 0.587. The second-order valence-corrected chi connectivity index (χ2v) is 7.09. The largest absolute Gasteiger partial charge is 0.370 e. The number of hydrogen-bond donors (Lipinski definition) is 6. The van der Waals surface area contributed by atoms with Gasteiger partial charge in [-0.05, 0) is 30.3 Å². The predicted molar refractivity (Wildman–Crippen MR) is 125 cm³/mol. The van der Waals surface area contributed by atoms with Gasteiger partial charge in [0.05, 0.1) is 10.7 Å². The molecule has 2 aromatic rings. The van der Waals surface area contributed by atoms with E-state index in [2.05, 4.69) is 35.9 Å². The first kappa shape index (κ1) is 25.9. The average Bonchev–Trinajstić information content (AvgIpc) is 2.60. The van der Waals surface area contributed by atoms with E-state index in [1.54, 1.807) is 18.2 Å². The Balaban J connectivity index is 0.000000311. The van der Waals surface area contributed by atoms with Crippen molar-refractivity contribution in [3.63, 3.8) is 0 Å². The second-order valence-electron chi connectivity index (χ2n) is 5.33. The van der Waals surface area contributed by atoms with E-state index in [1.165, 1.54) is 0 Å². The summed E-state index contributed by atoms with van der Waals surface area (Å²) < 4.78 is 27.3. The van der Waals surface area contributed by atoms with Gasteiger partial charge in [-0.1, -0.05) is 39.1 Å². The van der Waals surface area contributed by atoms with Crippen LogP contribution < -0.4 is 34.4 Å². The van der Waals surface area contributed by atoms with Crippen LogP contribution in [0.2, 0.25) is 10.0 Å². The fraction of sp³-hybridized carbons (Fsp3) is 0. The number of nitrogens with two attached hydrogens (primary N) is 6. The Morgan fingerprint density at radius 3 is 1.71 bits per heavy atom. The molecule has 0 amide bonds. The first-order valence-corrected chi connectivity index (χ1v) is 9.41. The van der Waals surface area contributed by atoms with E-state index >= 15 is 0 Å². The lowest BCUT2D eigenvalue weighted by atomic mass is 10.3. The van der Waals surface area contributed by atoms with Crippen LogP contribution >= 0.6 is 39.1 Å². The van der Waals surface area contributed by atoms with Gasteiger partial charge < -0.3 is 34.4 Å². The fourth-order valence-corrected chi connectivity index (χ4v) is 2.67. The number of hydrogen-bond acceptors (Lipinski definition) is 2. The third kappa shape index (κ3) is 9.46. The van der Waals surface area contributed by atoms with Gasteiger partial charge in [0.15, 0.2) is 23.6 Å². The van der Waals surface area contributed by atoms with Crippen molar-refractivity contribution in [3.05, 3.63) is 56.5 Å². The van der Waals surface area contributed by atoms with E-state index in [0.717, 1.165) is 16.6 Å². The minimum absolute atomic E-state index is 0.0424. The van der Waals surface area contributed by atoms with Crippen molar-refractivity contribution in [1.82, 2.24) is 0 Å². The summed E-state index contributed by atoms with van der Waals surface area (Å²) in [5, 5.41) is 0.368. The van der Waals surface area contributed by atoms with Gasteiger partial charge in [0, 0.05) is 9.50 Å². The highest BCUT2D eigenvalue weighted by atomic mass is 79.9. The van der Waals surface area contributed by atoms with Crippen molar-refractivity contribution >= 4 is 74.3 Å². The van der Waals surface area contributed by atoms with Crippen LogP contribution in [0.3, 0.4) is 0 Å². The van der Waals surface area contributed by atoms with Gasteiger partial charge in [-0.3, -0.25) is 0 Å². The molecule has 0 aliphatic carbocycles. The quantitative estimate of drug-likeness (QED) is 0.249. The molecular weight excluding hydrogens is 521 g/mol. The molecule has 12 N–H and O–H groups in total. The molecule has 0 atom stereocenters. The number of halogens is 5. The van der Waals surface area contributed by atoms with E-state index in [9.17, 15) is 8.78 Å². The molecule has 0 unspecified atom stereocenters. The summed E-state index contributed by atoms with van der Waals surface area (Å²) in [4.78, 5) is 14.2. The summed E-state index contributed by atoms with van der Waals surface area (Å²) in [6, 6.07) is 6.97. The standard InChI is InChI=1S/C8H9BrClN5.C8H8ClF2N5/c9-4-1-2-6(5(10)3-4)14-8(13)15-7(11)12;9-3-1-4(10)6(5(11)2-3)15-8(14)16-7(12)13/h1-3H,(H6,11,12,13,14,15);1-2H,(H6,12,13,14,15,16). The van der Waals surface area contributed by atoms with Gasteiger partial charge in [0.2, 0.25) is 11.9 Å². The van der Waals surface area contributed by atoms with Crippen LogP contribution in [0.5, 0.6) is 0 Å². The maximum atomic E-state index is 13.2. The number of guanidine groups is 4. The molecule has 0 saturated heterocycles. The molecule has 0 bridgehead atoms. The molecule has 10 nitrogen and oxygen atoms in total. The molecule has 31 heavy (non-hydrogen) atoms. The molecule has 0 aromatic heterocycles.